The molecule has 0 bridgehead atoms. The van der Waals surface area contributed by atoms with E-state index in [4.69, 9.17) is 4.74 Å². The number of unbranched alkanes of at least 4 members (excludes halogenated alkanes) is 1. The van der Waals surface area contributed by atoms with Gasteiger partial charge in [0.1, 0.15) is 11.6 Å². The molecule has 0 aromatic heterocycles. The zero-order valence-electron chi connectivity index (χ0n) is 28.6. The molecule has 5 unspecified atom stereocenters. The highest BCUT2D eigenvalue weighted by Crippen LogP contribution is 2.47. The normalized spacial score (nSPS) is 22.0. The maximum Gasteiger partial charge on any atom is 0.227 e. The van der Waals surface area contributed by atoms with Crippen molar-refractivity contribution in [3.8, 4) is 28.0 Å². The number of amides is 1. The van der Waals surface area contributed by atoms with Crippen LogP contribution in [0.15, 0.2) is 121 Å². The lowest BCUT2D eigenvalue weighted by Gasteiger charge is -2.32. The molecule has 7 rings (SSSR count). The van der Waals surface area contributed by atoms with Gasteiger partial charge in [0, 0.05) is 30.5 Å². The van der Waals surface area contributed by atoms with Crippen LogP contribution in [0, 0.1) is 11.7 Å². The third-order valence-corrected chi connectivity index (χ3v) is 10.4. The van der Waals surface area contributed by atoms with Gasteiger partial charge < -0.3 is 25.0 Å². The molecule has 51 heavy (non-hydrogen) atoms. The van der Waals surface area contributed by atoms with Crippen molar-refractivity contribution in [2.45, 2.75) is 69.3 Å². The van der Waals surface area contributed by atoms with Crippen LogP contribution in [0.2, 0.25) is 0 Å². The van der Waals surface area contributed by atoms with E-state index in [1.807, 2.05) is 95.9 Å². The van der Waals surface area contributed by atoms with Gasteiger partial charge in [0.2, 0.25) is 5.91 Å². The molecule has 2 heterocycles. The molecular weight excluding hydrogens is 641 g/mol. The molecule has 0 aliphatic carbocycles. The number of phenols is 1. The Morgan fingerprint density at radius 3 is 2.14 bits per heavy atom. The Bertz CT molecular complexity index is 1910. The van der Waals surface area contributed by atoms with Crippen molar-refractivity contribution in [1.82, 2.24) is 0 Å². The summed E-state index contributed by atoms with van der Waals surface area (Å²) in [6.07, 6.45) is 3.56. The molecule has 262 valence electrons. The number of nitrogens with zero attached hydrogens (tertiary/aromatic N) is 1. The molecule has 5 aromatic rings. The minimum atomic E-state index is -0.521. The smallest absolute Gasteiger partial charge is 0.227 e. The number of carbonyl (C=O) groups is 1. The third kappa shape index (κ3) is 7.91. The lowest BCUT2D eigenvalue weighted by Crippen LogP contribution is -2.33. The standard InChI is InChI=1S/C44H44FNO5/c45-36-19-10-29(11-20-36)6-4-5-9-35-25-43(50)46(37-21-16-31(17-22-37)30-7-2-1-3-8-30)44(35)40-23-18-34(24-41(40)49)32-12-14-33(15-13-32)42-27-38(48)26-39(28-47)51-42/h1-3,7-8,10-24,35,38-39,42,44,47-49H,4-6,9,25-28H2. The molecule has 0 radical (unpaired) electrons. The van der Waals surface area contributed by atoms with Gasteiger partial charge in [0.15, 0.2) is 0 Å². The zero-order valence-corrected chi connectivity index (χ0v) is 28.6. The van der Waals surface area contributed by atoms with Gasteiger partial charge in [-0.25, -0.2) is 4.39 Å². The fraction of sp³-hybridized carbons (Fsp3) is 0.295. The van der Waals surface area contributed by atoms with E-state index >= 15 is 0 Å². The van der Waals surface area contributed by atoms with Crippen LogP contribution >= 0.6 is 0 Å². The van der Waals surface area contributed by atoms with E-state index in [2.05, 4.69) is 12.1 Å². The Morgan fingerprint density at radius 2 is 1.43 bits per heavy atom. The number of anilines is 1. The van der Waals surface area contributed by atoms with Gasteiger partial charge in [-0.1, -0.05) is 97.4 Å². The Morgan fingerprint density at radius 1 is 0.765 bits per heavy atom. The number of aliphatic hydroxyl groups is 2. The van der Waals surface area contributed by atoms with Crippen molar-refractivity contribution in [2.24, 2.45) is 5.92 Å². The summed E-state index contributed by atoms with van der Waals surface area (Å²) in [6, 6.07) is 38.1. The van der Waals surface area contributed by atoms with E-state index < -0.39 is 6.10 Å². The Hall–Kier alpha value is -4.82. The highest BCUT2D eigenvalue weighted by atomic mass is 19.1. The first-order chi connectivity index (χ1) is 24.9. The number of aliphatic hydroxyl groups excluding tert-OH is 2. The van der Waals surface area contributed by atoms with Gasteiger partial charge in [-0.15, -0.1) is 0 Å². The van der Waals surface area contributed by atoms with E-state index in [0.29, 0.717) is 19.3 Å². The Balaban J connectivity index is 1.13. The quantitative estimate of drug-likeness (QED) is 0.121. The number of hydrogen-bond donors (Lipinski definition) is 3. The maximum atomic E-state index is 13.8. The Kier molecular flexibility index (Phi) is 10.6. The van der Waals surface area contributed by atoms with Gasteiger partial charge in [-0.3, -0.25) is 4.79 Å². The van der Waals surface area contributed by atoms with Gasteiger partial charge in [0.05, 0.1) is 31.0 Å². The summed E-state index contributed by atoms with van der Waals surface area (Å²) >= 11 is 0. The fourth-order valence-corrected chi connectivity index (χ4v) is 7.78. The summed E-state index contributed by atoms with van der Waals surface area (Å²) in [5.74, 6) is -0.0572. The van der Waals surface area contributed by atoms with Gasteiger partial charge in [0.25, 0.3) is 0 Å². The summed E-state index contributed by atoms with van der Waals surface area (Å²) in [4.78, 5) is 15.7. The fourth-order valence-electron chi connectivity index (χ4n) is 7.78. The van der Waals surface area contributed by atoms with Crippen molar-refractivity contribution < 1.29 is 29.2 Å². The van der Waals surface area contributed by atoms with E-state index in [-0.39, 0.29) is 48.2 Å². The SMILES string of the molecule is O=C1CC(CCCCc2ccc(F)cc2)C(c2ccc(-c3ccc(C4CC(O)CC(CO)O4)cc3)cc2O)N1c1ccc(-c2ccccc2)cc1. The highest BCUT2D eigenvalue weighted by molar-refractivity contribution is 5.97. The molecule has 5 atom stereocenters. The van der Waals surface area contributed by atoms with Crippen molar-refractivity contribution in [3.05, 3.63) is 144 Å². The zero-order chi connectivity index (χ0) is 35.3. The third-order valence-electron chi connectivity index (χ3n) is 10.4. The molecular formula is C44H44FNO5. The molecule has 2 aliphatic rings. The largest absolute Gasteiger partial charge is 0.508 e. The van der Waals surface area contributed by atoms with Crippen LogP contribution in [0.1, 0.15) is 67.4 Å². The maximum absolute atomic E-state index is 13.8. The first kappa shape index (κ1) is 34.6. The lowest BCUT2D eigenvalue weighted by atomic mass is 9.87. The molecule has 0 saturated carbocycles. The first-order valence-electron chi connectivity index (χ1n) is 18.0. The number of hydrogen-bond acceptors (Lipinski definition) is 5. The lowest BCUT2D eigenvalue weighted by molar-refractivity contribution is -0.117. The van der Waals surface area contributed by atoms with Crippen LogP contribution in [0.25, 0.3) is 22.3 Å². The highest BCUT2D eigenvalue weighted by Gasteiger charge is 2.42. The molecule has 3 N–H and O–H groups in total. The second-order valence-electron chi connectivity index (χ2n) is 13.9. The second kappa shape index (κ2) is 15.6. The van der Waals surface area contributed by atoms with Crippen LogP contribution < -0.4 is 4.90 Å². The van der Waals surface area contributed by atoms with Crippen LogP contribution in [0.3, 0.4) is 0 Å². The molecule has 5 aromatic carbocycles. The minimum Gasteiger partial charge on any atom is -0.508 e. The average molecular weight is 686 g/mol. The number of rotatable bonds is 11. The van der Waals surface area contributed by atoms with Crippen LogP contribution in [-0.4, -0.2) is 40.0 Å². The summed E-state index contributed by atoms with van der Waals surface area (Å²) < 4.78 is 19.4. The summed E-state index contributed by atoms with van der Waals surface area (Å²) in [5.41, 5.74) is 7.48. The second-order valence-corrected chi connectivity index (χ2v) is 13.9. The first-order valence-corrected chi connectivity index (χ1v) is 18.0. The number of benzene rings is 5. The summed E-state index contributed by atoms with van der Waals surface area (Å²) in [7, 11) is 0. The van der Waals surface area contributed by atoms with Crippen molar-refractivity contribution in [3.63, 3.8) is 0 Å². The van der Waals surface area contributed by atoms with Crippen LogP contribution in [0.5, 0.6) is 5.75 Å². The molecule has 6 nitrogen and oxygen atoms in total. The molecule has 0 spiro atoms. The van der Waals surface area contributed by atoms with E-state index in [9.17, 15) is 24.5 Å². The van der Waals surface area contributed by atoms with Crippen molar-refractivity contribution in [2.75, 3.05) is 11.5 Å². The van der Waals surface area contributed by atoms with Gasteiger partial charge in [-0.05, 0) is 88.9 Å². The number of aromatic hydroxyl groups is 1. The molecule has 1 amide bonds. The van der Waals surface area contributed by atoms with Crippen LogP contribution in [-0.2, 0) is 16.0 Å². The van der Waals surface area contributed by atoms with Gasteiger partial charge >= 0.3 is 0 Å². The average Bonchev–Trinajstić information content (AvgIpc) is 3.49. The number of phenolic OH excluding ortho intramolecular Hbond substituents is 1. The monoisotopic (exact) mass is 685 g/mol. The molecule has 7 heteroatoms. The Labute approximate surface area is 298 Å². The number of aryl methyl sites for hydroxylation is 1. The van der Waals surface area contributed by atoms with Crippen molar-refractivity contribution >= 4 is 11.6 Å². The van der Waals surface area contributed by atoms with E-state index in [1.165, 1.54) is 12.1 Å². The summed E-state index contributed by atoms with van der Waals surface area (Å²) in [5, 5.41) is 31.5. The predicted octanol–water partition coefficient (Wildman–Crippen LogP) is 8.95. The van der Waals surface area contributed by atoms with E-state index in [0.717, 1.165) is 70.3 Å². The predicted molar refractivity (Wildman–Crippen MR) is 198 cm³/mol. The number of halogens is 1. The van der Waals surface area contributed by atoms with E-state index in [1.54, 1.807) is 6.07 Å². The van der Waals surface area contributed by atoms with Crippen LogP contribution in [0.4, 0.5) is 10.1 Å². The molecule has 2 fully saturated rings. The minimum absolute atomic E-state index is 0.00384. The number of carbonyl (C=O) groups excluding carboxylic acids is 1. The molecule has 2 saturated heterocycles. The van der Waals surface area contributed by atoms with Crippen molar-refractivity contribution in [1.29, 1.82) is 0 Å². The summed E-state index contributed by atoms with van der Waals surface area (Å²) in [6.45, 7) is -0.128. The number of ether oxygens (including phenoxy) is 1. The van der Waals surface area contributed by atoms with Gasteiger partial charge in [-0.2, -0.15) is 0 Å². The topological polar surface area (TPSA) is 90.2 Å². The molecule has 2 aliphatic heterocycles.